The molecule has 0 spiro atoms. The fourth-order valence-electron chi connectivity index (χ4n) is 3.77. The third-order valence-corrected chi connectivity index (χ3v) is 5.54. The summed E-state index contributed by atoms with van der Waals surface area (Å²) >= 11 is 6.27. The highest BCUT2D eigenvalue weighted by Gasteiger charge is 2.34. The Kier molecular flexibility index (Phi) is 6.81. The highest BCUT2D eigenvalue weighted by atomic mass is 35.5. The first-order valence-electron chi connectivity index (χ1n) is 10.2. The Labute approximate surface area is 195 Å². The number of nitrogens with zero attached hydrogens (tertiary/aromatic N) is 3. The summed E-state index contributed by atoms with van der Waals surface area (Å²) in [5.41, 5.74) is 3.27. The molecule has 172 valence electrons. The minimum absolute atomic E-state index is 0.00850. The molecule has 0 unspecified atom stereocenters. The number of fused-ring (bicyclic) bond motifs is 1. The molecule has 2 heterocycles. The van der Waals surface area contributed by atoms with Crippen LogP contribution in [-0.4, -0.2) is 45.2 Å². The number of benzene rings is 2. The van der Waals surface area contributed by atoms with Gasteiger partial charge in [0.15, 0.2) is 6.61 Å². The molecule has 0 bridgehead atoms. The number of rotatable bonds is 7. The number of ether oxygens (including phenoxy) is 2. The summed E-state index contributed by atoms with van der Waals surface area (Å²) in [6, 6.07) is 13.8. The SMILES string of the molecule is Cn1nccc1COC(=O)ON1CCc2ccccc2[C@H]1c1cc(Cl)ccc1OCC(=O)O. The van der Waals surface area contributed by atoms with E-state index in [-0.39, 0.29) is 6.61 Å². The summed E-state index contributed by atoms with van der Waals surface area (Å²) in [6.07, 6.45) is 1.39. The molecule has 9 nitrogen and oxygen atoms in total. The van der Waals surface area contributed by atoms with Crippen LogP contribution in [0.25, 0.3) is 0 Å². The molecule has 0 aliphatic carbocycles. The number of carboxylic acids is 1. The number of carbonyl (C=O) groups is 2. The van der Waals surface area contributed by atoms with Crippen LogP contribution in [0.2, 0.25) is 5.02 Å². The summed E-state index contributed by atoms with van der Waals surface area (Å²) in [5, 5.41) is 15.0. The van der Waals surface area contributed by atoms with E-state index in [2.05, 4.69) is 5.10 Å². The van der Waals surface area contributed by atoms with E-state index in [1.54, 1.807) is 42.2 Å². The molecule has 1 aliphatic heterocycles. The number of hydrogen-bond acceptors (Lipinski definition) is 7. The molecule has 3 aromatic rings. The normalized spacial score (nSPS) is 15.5. The first-order valence-corrected chi connectivity index (χ1v) is 10.6. The van der Waals surface area contributed by atoms with Crippen molar-refractivity contribution in [2.45, 2.75) is 19.1 Å². The van der Waals surface area contributed by atoms with Crippen molar-refractivity contribution >= 4 is 23.7 Å². The van der Waals surface area contributed by atoms with E-state index >= 15 is 0 Å². The standard InChI is InChI=1S/C23H22ClN3O6/c1-26-17(8-10-25-26)13-32-23(30)33-27-11-9-15-4-2-3-5-18(15)22(27)19-12-16(24)6-7-20(19)31-14-21(28)29/h2-8,10,12,22H,9,11,13-14H2,1H3,(H,28,29)/t22-/m0/s1. The zero-order chi connectivity index (χ0) is 23.4. The largest absolute Gasteiger partial charge is 0.528 e. The lowest BCUT2D eigenvalue weighted by Gasteiger charge is -2.36. The van der Waals surface area contributed by atoms with Gasteiger partial charge in [0.05, 0.1) is 11.7 Å². The van der Waals surface area contributed by atoms with Crippen molar-refractivity contribution in [2.75, 3.05) is 13.2 Å². The van der Waals surface area contributed by atoms with Crippen LogP contribution >= 0.6 is 11.6 Å². The van der Waals surface area contributed by atoms with Gasteiger partial charge in [0.25, 0.3) is 0 Å². The smallest absolute Gasteiger partial charge is 0.482 e. The van der Waals surface area contributed by atoms with Gasteiger partial charge in [0.1, 0.15) is 12.4 Å². The van der Waals surface area contributed by atoms with E-state index in [4.69, 9.17) is 31.0 Å². The molecule has 0 radical (unpaired) electrons. The van der Waals surface area contributed by atoms with E-state index in [1.807, 2.05) is 24.3 Å². The third kappa shape index (κ3) is 5.27. The summed E-state index contributed by atoms with van der Waals surface area (Å²) in [6.45, 7) is -0.113. The zero-order valence-corrected chi connectivity index (χ0v) is 18.6. The Balaban J connectivity index is 1.62. The van der Waals surface area contributed by atoms with E-state index < -0.39 is 24.8 Å². The number of carbonyl (C=O) groups excluding carboxylic acids is 1. The zero-order valence-electron chi connectivity index (χ0n) is 17.8. The number of aliphatic carboxylic acids is 1. The molecule has 0 saturated carbocycles. The minimum atomic E-state index is -1.10. The van der Waals surface area contributed by atoms with Gasteiger partial charge < -0.3 is 19.4 Å². The average Bonchev–Trinajstić information content (AvgIpc) is 3.21. The Hall–Kier alpha value is -3.56. The van der Waals surface area contributed by atoms with E-state index in [0.717, 1.165) is 11.1 Å². The number of hydrogen-bond donors (Lipinski definition) is 1. The molecule has 1 aromatic heterocycles. The number of hydroxylamine groups is 2. The first-order chi connectivity index (χ1) is 15.9. The molecule has 4 rings (SSSR count). The maximum atomic E-state index is 12.5. The second-order valence-electron chi connectivity index (χ2n) is 7.43. The Morgan fingerprint density at radius 3 is 2.76 bits per heavy atom. The minimum Gasteiger partial charge on any atom is -0.482 e. The highest BCUT2D eigenvalue weighted by molar-refractivity contribution is 6.30. The van der Waals surface area contributed by atoms with Crippen molar-refractivity contribution in [3.05, 3.63) is 82.1 Å². The summed E-state index contributed by atoms with van der Waals surface area (Å²) < 4.78 is 12.4. The lowest BCUT2D eigenvalue weighted by atomic mass is 9.89. The lowest BCUT2D eigenvalue weighted by Crippen LogP contribution is -2.38. The average molecular weight is 472 g/mol. The number of aromatic nitrogens is 2. The fourth-order valence-corrected chi connectivity index (χ4v) is 3.95. The van der Waals surface area contributed by atoms with Crippen LogP contribution in [-0.2, 0) is 34.4 Å². The topological polar surface area (TPSA) is 103 Å². The second kappa shape index (κ2) is 9.93. The first kappa shape index (κ1) is 22.6. The quantitative estimate of drug-likeness (QED) is 0.520. The molecule has 1 N–H and O–H groups in total. The van der Waals surface area contributed by atoms with Crippen molar-refractivity contribution in [1.29, 1.82) is 0 Å². The fraction of sp³-hybridized carbons (Fsp3) is 0.261. The number of aryl methyl sites for hydroxylation is 1. The third-order valence-electron chi connectivity index (χ3n) is 5.31. The Morgan fingerprint density at radius 2 is 2.00 bits per heavy atom. The molecule has 1 aliphatic rings. The lowest BCUT2D eigenvalue weighted by molar-refractivity contribution is -0.152. The molecule has 2 aromatic carbocycles. The van der Waals surface area contributed by atoms with Gasteiger partial charge in [-0.3, -0.25) is 4.68 Å². The van der Waals surface area contributed by atoms with Crippen LogP contribution in [0.4, 0.5) is 4.79 Å². The maximum absolute atomic E-state index is 12.5. The Bertz CT molecular complexity index is 1160. The number of halogens is 1. The molecule has 0 fully saturated rings. The highest BCUT2D eigenvalue weighted by Crippen LogP contribution is 2.40. The van der Waals surface area contributed by atoms with Crippen LogP contribution in [0.5, 0.6) is 5.75 Å². The summed E-state index contributed by atoms with van der Waals surface area (Å²) in [7, 11) is 1.75. The molecule has 0 saturated heterocycles. The van der Waals surface area contributed by atoms with E-state index in [0.29, 0.717) is 35.0 Å². The van der Waals surface area contributed by atoms with Crippen LogP contribution in [0.3, 0.4) is 0 Å². The monoisotopic (exact) mass is 471 g/mol. The van der Waals surface area contributed by atoms with Gasteiger partial charge >= 0.3 is 12.1 Å². The molecule has 1 atom stereocenters. The predicted octanol–water partition coefficient (Wildman–Crippen LogP) is 3.75. The van der Waals surface area contributed by atoms with Gasteiger partial charge in [-0.1, -0.05) is 35.9 Å². The van der Waals surface area contributed by atoms with Crippen molar-refractivity contribution in [1.82, 2.24) is 14.8 Å². The Morgan fingerprint density at radius 1 is 1.18 bits per heavy atom. The van der Waals surface area contributed by atoms with Crippen molar-refractivity contribution in [3.63, 3.8) is 0 Å². The molecular weight excluding hydrogens is 450 g/mol. The predicted molar refractivity (Wildman–Crippen MR) is 118 cm³/mol. The van der Waals surface area contributed by atoms with Crippen LogP contribution < -0.4 is 4.74 Å². The van der Waals surface area contributed by atoms with Gasteiger partial charge in [0, 0.05) is 30.4 Å². The molecule has 33 heavy (non-hydrogen) atoms. The van der Waals surface area contributed by atoms with Gasteiger partial charge in [-0.15, -0.1) is 5.06 Å². The van der Waals surface area contributed by atoms with Crippen molar-refractivity contribution in [2.24, 2.45) is 7.05 Å². The molecular formula is C23H22ClN3O6. The summed E-state index contributed by atoms with van der Waals surface area (Å²) in [5.74, 6) is -0.771. The second-order valence-corrected chi connectivity index (χ2v) is 7.87. The van der Waals surface area contributed by atoms with E-state index in [1.165, 1.54) is 5.06 Å². The van der Waals surface area contributed by atoms with Crippen molar-refractivity contribution < 1.29 is 29.0 Å². The van der Waals surface area contributed by atoms with Crippen LogP contribution in [0, 0.1) is 0 Å². The van der Waals surface area contributed by atoms with Gasteiger partial charge in [0.2, 0.25) is 0 Å². The molecule has 10 heteroatoms. The number of carboxylic acid groups (broad SMARTS) is 1. The van der Waals surface area contributed by atoms with Crippen LogP contribution in [0.15, 0.2) is 54.7 Å². The van der Waals surface area contributed by atoms with Gasteiger partial charge in [-0.05, 0) is 41.8 Å². The molecule has 0 amide bonds. The summed E-state index contributed by atoms with van der Waals surface area (Å²) in [4.78, 5) is 29.2. The van der Waals surface area contributed by atoms with Crippen LogP contribution in [0.1, 0.15) is 28.4 Å². The van der Waals surface area contributed by atoms with Crippen molar-refractivity contribution in [3.8, 4) is 5.75 Å². The van der Waals surface area contributed by atoms with Gasteiger partial charge in [-0.25, -0.2) is 9.59 Å². The van der Waals surface area contributed by atoms with E-state index in [9.17, 15) is 9.59 Å². The maximum Gasteiger partial charge on any atom is 0.528 e. The van der Waals surface area contributed by atoms with Gasteiger partial charge in [-0.2, -0.15) is 5.10 Å².